The molecule has 6 aromatic rings. The first-order chi connectivity index (χ1) is 20.9. The average Bonchev–Trinajstić information content (AvgIpc) is 3.45. The van der Waals surface area contributed by atoms with Gasteiger partial charge in [0.05, 0.1) is 34.3 Å². The van der Waals surface area contributed by atoms with Gasteiger partial charge >= 0.3 is 5.97 Å². The summed E-state index contributed by atoms with van der Waals surface area (Å²) in [5.41, 5.74) is 2.18. The van der Waals surface area contributed by atoms with Crippen LogP contribution in [0.5, 0.6) is 11.5 Å². The van der Waals surface area contributed by atoms with Crippen molar-refractivity contribution in [2.24, 2.45) is 5.10 Å². The van der Waals surface area contributed by atoms with Crippen LogP contribution in [0.4, 0.5) is 0 Å². The van der Waals surface area contributed by atoms with Crippen molar-refractivity contribution in [2.45, 2.75) is 13.5 Å². The average molecular weight is 594 g/mol. The normalized spacial score (nSPS) is 11.4. The van der Waals surface area contributed by atoms with Gasteiger partial charge in [0, 0.05) is 5.39 Å². The number of hydrogen-bond acceptors (Lipinski definition) is 7. The van der Waals surface area contributed by atoms with Crippen LogP contribution < -0.4 is 15.0 Å². The topological polar surface area (TPSA) is 116 Å². The second kappa shape index (κ2) is 11.8. The van der Waals surface area contributed by atoms with E-state index in [-0.39, 0.29) is 28.6 Å². The van der Waals surface area contributed by atoms with Crippen molar-refractivity contribution >= 4 is 45.7 Å². The molecule has 0 radical (unpaired) electrons. The molecule has 0 aliphatic heterocycles. The monoisotopic (exact) mass is 593 g/mol. The number of benzene rings is 4. The number of hydrogen-bond donors (Lipinski definition) is 1. The van der Waals surface area contributed by atoms with Crippen molar-refractivity contribution in [3.63, 3.8) is 0 Å². The number of para-hydroxylation sites is 2. The lowest BCUT2D eigenvalue weighted by atomic mass is 10.1. The Morgan fingerprint density at radius 1 is 1.02 bits per heavy atom. The summed E-state index contributed by atoms with van der Waals surface area (Å²) >= 11 is 6.63. The quantitative estimate of drug-likeness (QED) is 0.179. The first-order valence-corrected chi connectivity index (χ1v) is 13.8. The number of aromatic carboxylic acids is 1. The predicted molar refractivity (Wildman–Crippen MR) is 165 cm³/mol. The van der Waals surface area contributed by atoms with Crippen LogP contribution in [0.2, 0.25) is 5.02 Å². The molecule has 0 fully saturated rings. The van der Waals surface area contributed by atoms with Crippen LogP contribution in [0.3, 0.4) is 0 Å². The van der Waals surface area contributed by atoms with E-state index in [1.807, 2.05) is 43.3 Å². The fraction of sp³-hybridized carbons (Fsp3) is 0.0909. The van der Waals surface area contributed by atoms with Crippen molar-refractivity contribution < 1.29 is 23.8 Å². The highest BCUT2D eigenvalue weighted by molar-refractivity contribution is 6.32. The summed E-state index contributed by atoms with van der Waals surface area (Å²) < 4.78 is 19.0. The number of carboxylic acids is 1. The maximum atomic E-state index is 13.6. The maximum absolute atomic E-state index is 13.6. The summed E-state index contributed by atoms with van der Waals surface area (Å²) in [7, 11) is 0. The second-order valence-electron chi connectivity index (χ2n) is 9.52. The number of ether oxygens (including phenoxy) is 2. The molecular formula is C33H24ClN3O6. The highest BCUT2D eigenvalue weighted by Gasteiger charge is 2.17. The molecule has 0 spiro atoms. The van der Waals surface area contributed by atoms with Gasteiger partial charge in [0.15, 0.2) is 17.3 Å². The van der Waals surface area contributed by atoms with Crippen molar-refractivity contribution in [2.75, 3.05) is 6.61 Å². The van der Waals surface area contributed by atoms with E-state index >= 15 is 0 Å². The number of fused-ring (bicyclic) bond motifs is 2. The molecule has 10 heteroatoms. The molecule has 2 aromatic heterocycles. The van der Waals surface area contributed by atoms with Gasteiger partial charge in [-0.3, -0.25) is 4.79 Å². The summed E-state index contributed by atoms with van der Waals surface area (Å²) in [5, 5.41) is 15.3. The molecule has 43 heavy (non-hydrogen) atoms. The lowest BCUT2D eigenvalue weighted by Gasteiger charge is -2.15. The molecule has 0 atom stereocenters. The molecule has 0 bridgehead atoms. The summed E-state index contributed by atoms with van der Waals surface area (Å²) in [6.07, 6.45) is 1.48. The Kier molecular flexibility index (Phi) is 7.63. The molecule has 0 unspecified atom stereocenters. The van der Waals surface area contributed by atoms with Gasteiger partial charge in [0.2, 0.25) is 5.82 Å². The fourth-order valence-corrected chi connectivity index (χ4v) is 4.90. The third-order valence-electron chi connectivity index (χ3n) is 6.61. The van der Waals surface area contributed by atoms with Gasteiger partial charge in [-0.1, -0.05) is 54.1 Å². The van der Waals surface area contributed by atoms with E-state index < -0.39 is 5.97 Å². The third kappa shape index (κ3) is 5.71. The Bertz CT molecular complexity index is 2050. The smallest absolute Gasteiger partial charge is 0.335 e. The first kappa shape index (κ1) is 27.7. The van der Waals surface area contributed by atoms with E-state index in [0.29, 0.717) is 51.5 Å². The zero-order valence-corrected chi connectivity index (χ0v) is 23.6. The Morgan fingerprint density at radius 3 is 2.65 bits per heavy atom. The molecular weight excluding hydrogens is 570 g/mol. The van der Waals surface area contributed by atoms with Crippen LogP contribution in [0.1, 0.15) is 28.4 Å². The lowest BCUT2D eigenvalue weighted by molar-refractivity contribution is 0.0696. The first-order valence-electron chi connectivity index (χ1n) is 13.4. The minimum Gasteiger partial charge on any atom is -0.490 e. The molecule has 4 aromatic carbocycles. The molecule has 6 rings (SSSR count). The number of furan rings is 1. The van der Waals surface area contributed by atoms with Crippen LogP contribution in [0.25, 0.3) is 33.5 Å². The Balaban J connectivity index is 1.38. The Hall–Kier alpha value is -5.41. The molecule has 0 saturated carbocycles. The van der Waals surface area contributed by atoms with E-state index in [4.69, 9.17) is 30.5 Å². The van der Waals surface area contributed by atoms with Crippen molar-refractivity contribution in [1.29, 1.82) is 0 Å². The standard InChI is InChI=1S/C33H24ClN3O6/c1-2-41-28-16-21(15-25(34)30(28)42-19-20-8-7-10-23(14-20)33(39)40)18-35-37-31(29-17-22-9-3-6-13-27(22)43-29)36-26-12-5-4-11-24(26)32(37)38/h3-18H,2,19H2,1H3,(H,39,40). The maximum Gasteiger partial charge on any atom is 0.335 e. The van der Waals surface area contributed by atoms with Gasteiger partial charge in [0.25, 0.3) is 5.56 Å². The minimum absolute atomic E-state index is 0.0767. The molecule has 0 amide bonds. The number of nitrogens with zero attached hydrogens (tertiary/aromatic N) is 3. The van der Waals surface area contributed by atoms with Gasteiger partial charge in [-0.25, -0.2) is 9.78 Å². The summed E-state index contributed by atoms with van der Waals surface area (Å²) in [4.78, 5) is 29.6. The van der Waals surface area contributed by atoms with E-state index in [9.17, 15) is 14.7 Å². The molecule has 214 valence electrons. The van der Waals surface area contributed by atoms with Crippen LogP contribution in [0.15, 0.2) is 105 Å². The number of carboxylic acid groups (broad SMARTS) is 1. The van der Waals surface area contributed by atoms with Gasteiger partial charge in [0.1, 0.15) is 12.2 Å². The number of carbonyl (C=O) groups is 1. The predicted octanol–water partition coefficient (Wildman–Crippen LogP) is 7.02. The second-order valence-corrected chi connectivity index (χ2v) is 9.93. The largest absolute Gasteiger partial charge is 0.490 e. The van der Waals surface area contributed by atoms with Crippen molar-refractivity contribution in [3.05, 3.63) is 123 Å². The minimum atomic E-state index is -1.03. The molecule has 1 N–H and O–H groups in total. The molecule has 0 saturated heterocycles. The van der Waals surface area contributed by atoms with E-state index in [0.717, 1.165) is 5.39 Å². The Labute approximate surface area is 250 Å². The van der Waals surface area contributed by atoms with E-state index in [1.165, 1.54) is 23.0 Å². The third-order valence-corrected chi connectivity index (χ3v) is 6.89. The van der Waals surface area contributed by atoms with Gasteiger partial charge in [-0.15, -0.1) is 0 Å². The van der Waals surface area contributed by atoms with Gasteiger partial charge < -0.3 is 19.0 Å². The van der Waals surface area contributed by atoms with Crippen molar-refractivity contribution in [1.82, 2.24) is 9.66 Å². The lowest BCUT2D eigenvalue weighted by Crippen LogP contribution is -2.20. The van der Waals surface area contributed by atoms with E-state index in [1.54, 1.807) is 42.5 Å². The number of halogens is 1. The zero-order chi connectivity index (χ0) is 29.9. The SMILES string of the molecule is CCOc1cc(C=Nn2c(-c3cc4ccccc4o3)nc3ccccc3c2=O)cc(Cl)c1OCc1cccc(C(=O)O)c1. The van der Waals surface area contributed by atoms with Crippen LogP contribution in [-0.4, -0.2) is 33.6 Å². The Morgan fingerprint density at radius 2 is 1.84 bits per heavy atom. The van der Waals surface area contributed by atoms with Crippen LogP contribution >= 0.6 is 11.6 Å². The van der Waals surface area contributed by atoms with E-state index in [2.05, 4.69) is 5.10 Å². The summed E-state index contributed by atoms with van der Waals surface area (Å²) in [5.74, 6) is 0.282. The molecule has 0 aliphatic rings. The highest BCUT2D eigenvalue weighted by atomic mass is 35.5. The number of rotatable bonds is 9. The van der Waals surface area contributed by atoms with Gasteiger partial charge in [-0.05, 0) is 66.6 Å². The summed E-state index contributed by atoms with van der Waals surface area (Å²) in [6.45, 7) is 2.24. The van der Waals surface area contributed by atoms with Gasteiger partial charge in [-0.2, -0.15) is 9.78 Å². The highest BCUT2D eigenvalue weighted by Crippen LogP contribution is 2.37. The fourth-order valence-electron chi connectivity index (χ4n) is 4.62. The molecule has 0 aliphatic carbocycles. The zero-order valence-electron chi connectivity index (χ0n) is 22.9. The van der Waals surface area contributed by atoms with Crippen molar-refractivity contribution in [3.8, 4) is 23.1 Å². The molecule has 9 nitrogen and oxygen atoms in total. The van der Waals surface area contributed by atoms with Crippen LogP contribution in [-0.2, 0) is 6.61 Å². The molecule has 2 heterocycles. The number of aromatic nitrogens is 2. The van der Waals surface area contributed by atoms with Crippen LogP contribution in [0, 0.1) is 0 Å². The summed E-state index contributed by atoms with van der Waals surface area (Å²) in [6, 6.07) is 26.2.